The molecule has 25 heavy (non-hydrogen) atoms. The lowest BCUT2D eigenvalue weighted by atomic mass is 9.91. The van der Waals surface area contributed by atoms with E-state index >= 15 is 0 Å². The Morgan fingerprint density at radius 1 is 1.20 bits per heavy atom. The second kappa shape index (κ2) is 6.55. The van der Waals surface area contributed by atoms with Crippen molar-refractivity contribution in [3.8, 4) is 0 Å². The van der Waals surface area contributed by atoms with Crippen LogP contribution in [0.25, 0.3) is 6.08 Å². The number of aromatic nitrogens is 1. The second-order valence-electron chi connectivity index (χ2n) is 7.08. The van der Waals surface area contributed by atoms with Crippen LogP contribution in [-0.4, -0.2) is 22.8 Å². The van der Waals surface area contributed by atoms with Gasteiger partial charge in [-0.3, -0.25) is 9.59 Å². The Labute approximate surface area is 146 Å². The van der Waals surface area contributed by atoms with E-state index in [4.69, 9.17) is 4.42 Å². The molecule has 2 N–H and O–H groups in total. The summed E-state index contributed by atoms with van der Waals surface area (Å²) in [6.45, 7) is 5.97. The molecule has 0 saturated carbocycles. The third-order valence-electron chi connectivity index (χ3n) is 3.96. The van der Waals surface area contributed by atoms with Crippen LogP contribution in [0.4, 0.5) is 0 Å². The van der Waals surface area contributed by atoms with E-state index in [1.54, 1.807) is 6.08 Å². The van der Waals surface area contributed by atoms with Crippen LogP contribution in [0.3, 0.4) is 0 Å². The van der Waals surface area contributed by atoms with Crippen LogP contribution >= 0.6 is 0 Å². The molecule has 1 fully saturated rings. The molecule has 2 aromatic rings. The monoisotopic (exact) mass is 339 g/mol. The molecule has 6 nitrogen and oxygen atoms in total. The van der Waals surface area contributed by atoms with E-state index in [0.29, 0.717) is 17.9 Å². The Kier molecular flexibility index (Phi) is 4.44. The number of hydrogen-bond acceptors (Lipinski definition) is 4. The zero-order valence-electron chi connectivity index (χ0n) is 14.5. The molecule has 0 aliphatic carbocycles. The number of carbonyl (C=O) groups is 2. The van der Waals surface area contributed by atoms with Gasteiger partial charge in [0.15, 0.2) is 6.39 Å². The number of benzene rings is 1. The van der Waals surface area contributed by atoms with E-state index in [0.717, 1.165) is 5.56 Å². The van der Waals surface area contributed by atoms with Gasteiger partial charge >= 0.3 is 0 Å². The van der Waals surface area contributed by atoms with Gasteiger partial charge in [-0.2, -0.15) is 0 Å². The molecule has 0 radical (unpaired) electrons. The van der Waals surface area contributed by atoms with E-state index < -0.39 is 6.04 Å². The minimum Gasteiger partial charge on any atom is -0.447 e. The molecule has 1 saturated heterocycles. The Bertz CT molecular complexity index is 816. The molecule has 1 aliphatic rings. The highest BCUT2D eigenvalue weighted by Crippen LogP contribution is 2.26. The summed E-state index contributed by atoms with van der Waals surface area (Å²) in [7, 11) is 0. The highest BCUT2D eigenvalue weighted by atomic mass is 16.3. The molecule has 2 heterocycles. The number of nitrogens with zero attached hydrogens (tertiary/aromatic N) is 1. The van der Waals surface area contributed by atoms with Crippen LogP contribution in [0, 0.1) is 0 Å². The molecular weight excluding hydrogens is 318 g/mol. The normalized spacial score (nSPS) is 19.6. The fraction of sp³-hybridized carbons (Fsp3) is 0.316. The summed E-state index contributed by atoms with van der Waals surface area (Å²) >= 11 is 0. The molecule has 1 aliphatic heterocycles. The lowest BCUT2D eigenvalue weighted by molar-refractivity contribution is -0.131. The van der Waals surface area contributed by atoms with Gasteiger partial charge in [0, 0.05) is 11.8 Å². The fourth-order valence-corrected chi connectivity index (χ4v) is 2.73. The molecule has 6 heteroatoms. The fourth-order valence-electron chi connectivity index (χ4n) is 2.73. The van der Waals surface area contributed by atoms with Crippen molar-refractivity contribution in [3.05, 3.63) is 59.4 Å². The van der Waals surface area contributed by atoms with E-state index in [-0.39, 0.29) is 22.9 Å². The molecule has 0 bridgehead atoms. The van der Waals surface area contributed by atoms with Gasteiger partial charge in [-0.05, 0) is 11.6 Å². The van der Waals surface area contributed by atoms with Gasteiger partial charge in [-0.15, -0.1) is 0 Å². The number of piperazine rings is 1. The average molecular weight is 339 g/mol. The van der Waals surface area contributed by atoms with Crippen LogP contribution in [0.15, 0.2) is 46.8 Å². The van der Waals surface area contributed by atoms with E-state index in [1.807, 2.05) is 51.1 Å². The number of amides is 2. The van der Waals surface area contributed by atoms with Gasteiger partial charge in [-0.1, -0.05) is 51.1 Å². The molecule has 1 aromatic carbocycles. The molecule has 2 amide bonds. The zero-order valence-corrected chi connectivity index (χ0v) is 14.5. The summed E-state index contributed by atoms with van der Waals surface area (Å²) in [6.07, 6.45) is 3.34. The molecule has 130 valence electrons. The first kappa shape index (κ1) is 17.0. The van der Waals surface area contributed by atoms with Crippen molar-refractivity contribution >= 4 is 17.9 Å². The highest BCUT2D eigenvalue weighted by molar-refractivity contribution is 6.07. The highest BCUT2D eigenvalue weighted by Gasteiger charge is 2.31. The Balaban J connectivity index is 1.78. The van der Waals surface area contributed by atoms with Crippen molar-refractivity contribution in [2.24, 2.45) is 0 Å². The lowest BCUT2D eigenvalue weighted by Crippen LogP contribution is -2.55. The second-order valence-corrected chi connectivity index (χ2v) is 7.08. The maximum Gasteiger partial charge on any atom is 0.268 e. The van der Waals surface area contributed by atoms with Gasteiger partial charge in [0.25, 0.3) is 5.91 Å². The zero-order chi connectivity index (χ0) is 18.0. The molecule has 1 atom stereocenters. The van der Waals surface area contributed by atoms with Crippen molar-refractivity contribution < 1.29 is 14.0 Å². The lowest BCUT2D eigenvalue weighted by Gasteiger charge is -2.25. The smallest absolute Gasteiger partial charge is 0.268 e. The van der Waals surface area contributed by atoms with Gasteiger partial charge in [-0.25, -0.2) is 4.98 Å². The van der Waals surface area contributed by atoms with E-state index in [1.165, 1.54) is 6.39 Å². The number of oxazole rings is 1. The number of nitrogens with one attached hydrogen (secondary N) is 2. The van der Waals surface area contributed by atoms with Gasteiger partial charge in [0.05, 0.1) is 0 Å². The van der Waals surface area contributed by atoms with Crippen molar-refractivity contribution in [1.82, 2.24) is 15.6 Å². The summed E-state index contributed by atoms with van der Waals surface area (Å²) in [5, 5.41) is 5.44. The van der Waals surface area contributed by atoms with Gasteiger partial charge < -0.3 is 15.1 Å². The van der Waals surface area contributed by atoms with Crippen LogP contribution in [0.5, 0.6) is 0 Å². The summed E-state index contributed by atoms with van der Waals surface area (Å²) in [6, 6.07) is 8.98. The SMILES string of the molecule is CC(C)(C)c1ocnc1/C=C1/NC(=O)[C@H](Cc2ccccc2)NC1=O. The molecular formula is C19H21N3O3. The van der Waals surface area contributed by atoms with Crippen molar-refractivity contribution in [3.63, 3.8) is 0 Å². The van der Waals surface area contributed by atoms with Crippen molar-refractivity contribution in [1.29, 1.82) is 0 Å². The Hall–Kier alpha value is -2.89. The molecule has 1 aromatic heterocycles. The Morgan fingerprint density at radius 2 is 1.92 bits per heavy atom. The molecule has 3 rings (SSSR count). The Morgan fingerprint density at radius 3 is 2.60 bits per heavy atom. The predicted octanol–water partition coefficient (Wildman–Crippen LogP) is 2.17. The van der Waals surface area contributed by atoms with Gasteiger partial charge in [0.1, 0.15) is 23.2 Å². The number of rotatable bonds is 3. The van der Waals surface area contributed by atoms with Crippen LogP contribution in [0.2, 0.25) is 0 Å². The first-order chi connectivity index (χ1) is 11.8. The topological polar surface area (TPSA) is 84.2 Å². The quantitative estimate of drug-likeness (QED) is 0.840. The number of carbonyl (C=O) groups excluding carboxylic acids is 2. The minimum atomic E-state index is -0.591. The number of hydrogen-bond donors (Lipinski definition) is 2. The first-order valence-electron chi connectivity index (χ1n) is 8.16. The average Bonchev–Trinajstić information content (AvgIpc) is 3.02. The summed E-state index contributed by atoms with van der Waals surface area (Å²) in [5.41, 5.74) is 1.45. The third kappa shape index (κ3) is 3.79. The van der Waals surface area contributed by atoms with Crippen molar-refractivity contribution in [2.75, 3.05) is 0 Å². The van der Waals surface area contributed by atoms with E-state index in [9.17, 15) is 9.59 Å². The maximum absolute atomic E-state index is 12.4. The third-order valence-corrected chi connectivity index (χ3v) is 3.96. The standard InChI is InChI=1S/C19H21N3O3/c1-19(2,3)16-13(20-11-25-16)10-15-18(24)21-14(17(23)22-15)9-12-7-5-4-6-8-12/h4-8,10-11,14H,9H2,1-3H3,(H,21,24)(H,22,23)/b15-10+/t14-/m0/s1. The summed E-state index contributed by atoms with van der Waals surface area (Å²) < 4.78 is 5.43. The largest absolute Gasteiger partial charge is 0.447 e. The summed E-state index contributed by atoms with van der Waals surface area (Å²) in [4.78, 5) is 28.9. The molecule has 0 spiro atoms. The predicted molar refractivity (Wildman–Crippen MR) is 93.4 cm³/mol. The minimum absolute atomic E-state index is 0.175. The van der Waals surface area contributed by atoms with Crippen LogP contribution in [0.1, 0.15) is 37.8 Å². The van der Waals surface area contributed by atoms with Crippen LogP contribution in [-0.2, 0) is 21.4 Å². The van der Waals surface area contributed by atoms with E-state index in [2.05, 4.69) is 15.6 Å². The van der Waals surface area contributed by atoms with Crippen molar-refractivity contribution in [2.45, 2.75) is 38.6 Å². The van der Waals surface area contributed by atoms with Crippen LogP contribution < -0.4 is 10.6 Å². The first-order valence-corrected chi connectivity index (χ1v) is 8.16. The molecule has 0 unspecified atom stereocenters. The summed E-state index contributed by atoms with van der Waals surface area (Å²) in [5.74, 6) is 0.0901. The van der Waals surface area contributed by atoms with Gasteiger partial charge in [0.2, 0.25) is 5.91 Å². The maximum atomic E-state index is 12.4.